The van der Waals surface area contributed by atoms with Crippen molar-refractivity contribution in [1.29, 1.82) is 0 Å². The number of alkyl halides is 2. The number of benzene rings is 1. The van der Waals surface area contributed by atoms with Crippen LogP contribution in [0.1, 0.15) is 23.6 Å². The summed E-state index contributed by atoms with van der Waals surface area (Å²) in [5, 5.41) is 8.69. The van der Waals surface area contributed by atoms with Crippen LogP contribution in [0.3, 0.4) is 0 Å². The summed E-state index contributed by atoms with van der Waals surface area (Å²) < 4.78 is 29.9. The van der Waals surface area contributed by atoms with E-state index < -0.39 is 12.3 Å². The highest BCUT2D eigenvalue weighted by Gasteiger charge is 2.17. The van der Waals surface area contributed by atoms with Gasteiger partial charge < -0.3 is 10.2 Å². The Hall–Kier alpha value is -2.75. The molecule has 0 aliphatic heterocycles. The molecule has 146 valence electrons. The molecule has 0 bridgehead atoms. The second-order valence-electron chi connectivity index (χ2n) is 5.63. The molecular formula is C17H14Cl2F2N6O. The first-order valence-electron chi connectivity index (χ1n) is 7.85. The van der Waals surface area contributed by atoms with Crippen molar-refractivity contribution in [2.45, 2.75) is 13.0 Å². The molecule has 28 heavy (non-hydrogen) atoms. The first kappa shape index (κ1) is 20.0. The van der Waals surface area contributed by atoms with Gasteiger partial charge in [0.1, 0.15) is 5.16 Å². The van der Waals surface area contributed by atoms with Gasteiger partial charge in [-0.05, 0) is 24.3 Å². The number of hydrazine groups is 1. The van der Waals surface area contributed by atoms with Crippen molar-refractivity contribution < 1.29 is 13.2 Å². The zero-order valence-electron chi connectivity index (χ0n) is 14.2. The second-order valence-corrected chi connectivity index (χ2v) is 6.42. The third-order valence-corrected chi connectivity index (χ3v) is 4.30. The maximum atomic E-state index is 12.5. The molecule has 0 amide bonds. The van der Waals surface area contributed by atoms with E-state index in [0.29, 0.717) is 21.8 Å². The number of nitrogens with zero attached hydrogens (tertiary/aromatic N) is 4. The van der Waals surface area contributed by atoms with Gasteiger partial charge in [-0.15, -0.1) is 10.2 Å². The Morgan fingerprint density at radius 2 is 2.00 bits per heavy atom. The highest BCUT2D eigenvalue weighted by atomic mass is 35.5. The number of hydrogen-bond acceptors (Lipinski definition) is 7. The van der Waals surface area contributed by atoms with E-state index in [9.17, 15) is 8.78 Å². The van der Waals surface area contributed by atoms with Gasteiger partial charge >= 0.3 is 6.43 Å². The Morgan fingerprint density at radius 1 is 1.21 bits per heavy atom. The molecule has 3 rings (SSSR count). The zero-order chi connectivity index (χ0) is 20.3. The van der Waals surface area contributed by atoms with Crippen LogP contribution in [0.4, 0.5) is 8.78 Å². The first-order chi connectivity index (χ1) is 13.3. The minimum Gasteiger partial charge on any atom is -0.415 e. The van der Waals surface area contributed by atoms with Gasteiger partial charge in [0, 0.05) is 16.8 Å². The van der Waals surface area contributed by atoms with E-state index in [1.54, 1.807) is 36.4 Å². The summed E-state index contributed by atoms with van der Waals surface area (Å²) in [6.45, 7) is 0.145. The van der Waals surface area contributed by atoms with Crippen LogP contribution < -0.4 is 11.6 Å². The maximum Gasteiger partial charge on any atom is 0.314 e. The molecule has 7 nitrogen and oxygen atoms in total. The number of pyridine rings is 1. The van der Waals surface area contributed by atoms with E-state index in [2.05, 4.69) is 15.2 Å². The van der Waals surface area contributed by atoms with Crippen LogP contribution in [0.5, 0.6) is 0 Å². The monoisotopic (exact) mass is 426 g/mol. The lowest BCUT2D eigenvalue weighted by Crippen LogP contribution is -2.29. The van der Waals surface area contributed by atoms with Gasteiger partial charge in [0.2, 0.25) is 5.89 Å². The zero-order valence-corrected chi connectivity index (χ0v) is 15.7. The topological polar surface area (TPSA) is 107 Å². The van der Waals surface area contributed by atoms with Gasteiger partial charge in [0.15, 0.2) is 0 Å². The molecule has 1 aromatic carbocycles. The minimum absolute atomic E-state index is 0.0536. The van der Waals surface area contributed by atoms with Crippen molar-refractivity contribution in [3.63, 3.8) is 0 Å². The van der Waals surface area contributed by atoms with Crippen LogP contribution in [-0.2, 0) is 6.54 Å². The highest BCUT2D eigenvalue weighted by Crippen LogP contribution is 2.24. The molecule has 0 fully saturated rings. The van der Waals surface area contributed by atoms with Crippen LogP contribution in [0.2, 0.25) is 5.02 Å². The molecule has 11 heteroatoms. The predicted molar refractivity (Wildman–Crippen MR) is 101 cm³/mol. The largest absolute Gasteiger partial charge is 0.415 e. The summed E-state index contributed by atoms with van der Waals surface area (Å²) in [4.78, 5) is 4.20. The molecule has 0 saturated heterocycles. The van der Waals surface area contributed by atoms with Gasteiger partial charge in [0.25, 0.3) is 5.89 Å². The van der Waals surface area contributed by atoms with E-state index >= 15 is 0 Å². The molecule has 0 unspecified atom stereocenters. The predicted octanol–water partition coefficient (Wildman–Crippen LogP) is 3.92. The smallest absolute Gasteiger partial charge is 0.314 e. The summed E-state index contributed by atoms with van der Waals surface area (Å²) in [5.41, 5.74) is 7.88. The lowest BCUT2D eigenvalue weighted by atomic mass is 10.2. The van der Waals surface area contributed by atoms with Gasteiger partial charge in [-0.2, -0.15) is 8.78 Å². The van der Waals surface area contributed by atoms with Gasteiger partial charge in [0.05, 0.1) is 23.5 Å². The normalized spacial score (nSPS) is 12.2. The molecule has 0 atom stereocenters. The Labute approximate surface area is 168 Å². The number of aromatic nitrogens is 3. The third-order valence-electron chi connectivity index (χ3n) is 3.64. The van der Waals surface area contributed by atoms with Gasteiger partial charge in [-0.25, -0.2) is 5.84 Å². The SMILES string of the molecule is N/C(=C(/Cl)N(N)Cc1ccc(-c2nnc(C(F)F)o2)cn1)c1cccc(Cl)c1. The van der Waals surface area contributed by atoms with Crippen LogP contribution in [0.25, 0.3) is 17.2 Å². The molecule has 4 N–H and O–H groups in total. The first-order valence-corrected chi connectivity index (χ1v) is 8.61. The lowest BCUT2D eigenvalue weighted by molar-refractivity contribution is 0.116. The Kier molecular flexibility index (Phi) is 6.08. The van der Waals surface area contributed by atoms with E-state index in [-0.39, 0.29) is 23.3 Å². The van der Waals surface area contributed by atoms with Crippen molar-refractivity contribution in [2.75, 3.05) is 0 Å². The minimum atomic E-state index is -2.84. The van der Waals surface area contributed by atoms with Crippen molar-refractivity contribution in [3.05, 3.63) is 69.9 Å². The summed E-state index contributed by atoms with van der Waals surface area (Å²) in [6.07, 6.45) is -1.43. The molecule has 0 saturated carbocycles. The van der Waals surface area contributed by atoms with E-state index in [1.807, 2.05) is 0 Å². The summed E-state index contributed by atoms with van der Waals surface area (Å²) in [6, 6.07) is 10.1. The maximum absolute atomic E-state index is 12.5. The fourth-order valence-corrected chi connectivity index (χ4v) is 2.62. The average molecular weight is 427 g/mol. The van der Waals surface area contributed by atoms with Crippen LogP contribution in [0.15, 0.2) is 52.2 Å². The van der Waals surface area contributed by atoms with E-state index in [4.69, 9.17) is 39.2 Å². The van der Waals surface area contributed by atoms with Crippen LogP contribution in [-0.4, -0.2) is 20.2 Å². The van der Waals surface area contributed by atoms with Crippen molar-refractivity contribution >= 4 is 28.9 Å². The van der Waals surface area contributed by atoms with Crippen LogP contribution >= 0.6 is 23.2 Å². The Bertz CT molecular complexity index is 993. The molecule has 0 aliphatic rings. The quantitative estimate of drug-likeness (QED) is 0.349. The molecule has 0 spiro atoms. The van der Waals surface area contributed by atoms with Gasteiger partial charge in [-0.3, -0.25) is 9.99 Å². The number of rotatable bonds is 6. The van der Waals surface area contributed by atoms with Crippen molar-refractivity contribution in [2.24, 2.45) is 11.6 Å². The summed E-state index contributed by atoms with van der Waals surface area (Å²) >= 11 is 12.2. The van der Waals surface area contributed by atoms with E-state index in [1.165, 1.54) is 11.2 Å². The number of halogens is 4. The molecule has 0 radical (unpaired) electrons. The van der Waals surface area contributed by atoms with E-state index in [0.717, 1.165) is 0 Å². The van der Waals surface area contributed by atoms with Crippen LogP contribution in [0, 0.1) is 0 Å². The molecule has 3 aromatic rings. The molecular weight excluding hydrogens is 413 g/mol. The fraction of sp³-hybridized carbons (Fsp3) is 0.118. The Balaban J connectivity index is 1.73. The lowest BCUT2D eigenvalue weighted by Gasteiger charge is -2.19. The summed E-state index contributed by atoms with van der Waals surface area (Å²) in [7, 11) is 0. The average Bonchev–Trinajstić information content (AvgIpc) is 3.18. The molecule has 0 aliphatic carbocycles. The molecule has 2 aromatic heterocycles. The standard InChI is InChI=1S/C17H14Cl2F2N6O/c18-11-3-1-2-9(6-11)13(22)14(19)27(23)8-12-5-4-10(7-24-12)16-25-26-17(28-16)15(20)21/h1-7,15H,8,22-23H2/b14-13-. The Morgan fingerprint density at radius 3 is 2.61 bits per heavy atom. The van der Waals surface area contributed by atoms with Gasteiger partial charge in [-0.1, -0.05) is 35.3 Å². The third kappa shape index (κ3) is 4.56. The van der Waals surface area contributed by atoms with Crippen molar-refractivity contribution in [3.8, 4) is 11.5 Å². The number of nitrogens with two attached hydrogens (primary N) is 2. The van der Waals surface area contributed by atoms with Crippen molar-refractivity contribution in [1.82, 2.24) is 20.2 Å². The molecule has 2 heterocycles. The summed E-state index contributed by atoms with van der Waals surface area (Å²) in [5.74, 6) is 5.17. The number of hydrogen-bond donors (Lipinski definition) is 2. The highest BCUT2D eigenvalue weighted by molar-refractivity contribution is 6.32. The fourth-order valence-electron chi connectivity index (χ4n) is 2.26. The second kappa shape index (κ2) is 8.51.